The lowest BCUT2D eigenvalue weighted by molar-refractivity contribution is -0.134. The summed E-state index contributed by atoms with van der Waals surface area (Å²) in [4.78, 5) is 13.8. The Morgan fingerprint density at radius 2 is 2.05 bits per heavy atom. The fourth-order valence-electron chi connectivity index (χ4n) is 1.97. The van der Waals surface area contributed by atoms with Gasteiger partial charge in [-0.1, -0.05) is 12.1 Å². The van der Waals surface area contributed by atoms with E-state index in [4.69, 9.17) is 12.2 Å². The highest BCUT2D eigenvalue weighted by molar-refractivity contribution is 5.82. The molecule has 1 amide bonds. The molecule has 0 aromatic heterocycles. The van der Waals surface area contributed by atoms with Crippen molar-refractivity contribution in [3.05, 3.63) is 35.6 Å². The van der Waals surface area contributed by atoms with Gasteiger partial charge in [-0.2, -0.15) is 0 Å². The highest BCUT2D eigenvalue weighted by atomic mass is 19.1. The molecule has 0 saturated carbocycles. The van der Waals surface area contributed by atoms with Crippen molar-refractivity contribution >= 4 is 5.91 Å². The van der Waals surface area contributed by atoms with Crippen LogP contribution in [0.2, 0.25) is 0 Å². The van der Waals surface area contributed by atoms with Gasteiger partial charge in [0.2, 0.25) is 5.91 Å². The van der Waals surface area contributed by atoms with Crippen LogP contribution in [-0.2, 0) is 4.79 Å². The molecule has 0 heterocycles. The topological polar surface area (TPSA) is 46.3 Å². The average Bonchev–Trinajstić information content (AvgIpc) is 2.40. The van der Waals surface area contributed by atoms with Crippen LogP contribution in [-0.4, -0.2) is 23.4 Å². The minimum absolute atomic E-state index is 0.165. The third kappa shape index (κ3) is 3.80. The first-order chi connectivity index (χ1) is 9.01. The van der Waals surface area contributed by atoms with E-state index in [1.54, 1.807) is 17.0 Å². The maximum atomic E-state index is 12.9. The van der Waals surface area contributed by atoms with E-state index in [0.29, 0.717) is 6.54 Å². The predicted octanol–water partition coefficient (Wildman–Crippen LogP) is 2.09. The molecule has 4 heteroatoms. The number of nitrogens with zero attached hydrogens (tertiary/aromatic N) is 1. The van der Waals surface area contributed by atoms with Crippen molar-refractivity contribution < 1.29 is 9.18 Å². The second kappa shape index (κ2) is 6.91. The minimum atomic E-state index is -0.687. The molecule has 0 aliphatic heterocycles. The van der Waals surface area contributed by atoms with Crippen LogP contribution in [0.1, 0.15) is 31.9 Å². The Hall–Kier alpha value is -1.86. The smallest absolute Gasteiger partial charge is 0.240 e. The van der Waals surface area contributed by atoms with Crippen molar-refractivity contribution in [3.63, 3.8) is 0 Å². The van der Waals surface area contributed by atoms with Crippen molar-refractivity contribution in [2.45, 2.75) is 32.4 Å². The summed E-state index contributed by atoms with van der Waals surface area (Å²) in [6.45, 7) is 4.29. The van der Waals surface area contributed by atoms with Crippen molar-refractivity contribution in [1.29, 1.82) is 0 Å². The summed E-state index contributed by atoms with van der Waals surface area (Å²) in [5.74, 6) is 1.91. The Labute approximate surface area is 113 Å². The zero-order valence-corrected chi connectivity index (χ0v) is 11.3. The van der Waals surface area contributed by atoms with E-state index in [2.05, 4.69) is 5.92 Å². The van der Waals surface area contributed by atoms with E-state index in [0.717, 1.165) is 5.56 Å². The Balaban J connectivity index is 2.87. The third-order valence-corrected chi connectivity index (χ3v) is 3.10. The number of benzene rings is 1. The van der Waals surface area contributed by atoms with Gasteiger partial charge in [-0.3, -0.25) is 4.79 Å². The van der Waals surface area contributed by atoms with Gasteiger partial charge in [0, 0.05) is 13.0 Å². The van der Waals surface area contributed by atoms with Crippen LogP contribution in [0.3, 0.4) is 0 Å². The molecular weight excluding hydrogens is 243 g/mol. The maximum Gasteiger partial charge on any atom is 0.240 e. The third-order valence-electron chi connectivity index (χ3n) is 3.10. The van der Waals surface area contributed by atoms with E-state index < -0.39 is 6.04 Å². The highest BCUT2D eigenvalue weighted by Gasteiger charge is 2.24. The SMILES string of the molecule is C#CCC(N)C(=O)N(CC)C(C)c1ccc(F)cc1. The van der Waals surface area contributed by atoms with Crippen LogP contribution in [0.15, 0.2) is 24.3 Å². The molecule has 102 valence electrons. The van der Waals surface area contributed by atoms with E-state index in [9.17, 15) is 9.18 Å². The normalized spacial score (nSPS) is 13.4. The molecule has 0 fully saturated rings. The summed E-state index contributed by atoms with van der Waals surface area (Å²) in [5, 5.41) is 0. The van der Waals surface area contributed by atoms with Crippen LogP contribution in [0.4, 0.5) is 4.39 Å². The van der Waals surface area contributed by atoms with Crippen LogP contribution in [0.5, 0.6) is 0 Å². The number of carbonyl (C=O) groups excluding carboxylic acids is 1. The maximum absolute atomic E-state index is 12.9. The van der Waals surface area contributed by atoms with Gasteiger partial charge < -0.3 is 10.6 Å². The van der Waals surface area contributed by atoms with Crippen molar-refractivity contribution in [3.8, 4) is 12.3 Å². The first-order valence-corrected chi connectivity index (χ1v) is 6.26. The number of rotatable bonds is 5. The van der Waals surface area contributed by atoms with Gasteiger partial charge in [0.1, 0.15) is 5.82 Å². The van der Waals surface area contributed by atoms with Crippen molar-refractivity contribution in [2.24, 2.45) is 5.73 Å². The molecule has 0 bridgehead atoms. The molecule has 0 spiro atoms. The lowest BCUT2D eigenvalue weighted by Crippen LogP contribution is -2.44. The van der Waals surface area contributed by atoms with Gasteiger partial charge in [-0.15, -0.1) is 12.3 Å². The lowest BCUT2D eigenvalue weighted by Gasteiger charge is -2.30. The lowest BCUT2D eigenvalue weighted by atomic mass is 10.1. The summed E-state index contributed by atoms with van der Waals surface area (Å²) < 4.78 is 12.9. The number of terminal acetylenes is 1. The molecule has 2 unspecified atom stereocenters. The highest BCUT2D eigenvalue weighted by Crippen LogP contribution is 2.21. The van der Waals surface area contributed by atoms with Gasteiger partial charge in [0.05, 0.1) is 12.1 Å². The van der Waals surface area contributed by atoms with Gasteiger partial charge in [-0.05, 0) is 31.5 Å². The largest absolute Gasteiger partial charge is 0.335 e. The van der Waals surface area contributed by atoms with E-state index >= 15 is 0 Å². The van der Waals surface area contributed by atoms with Crippen LogP contribution in [0.25, 0.3) is 0 Å². The fraction of sp³-hybridized carbons (Fsp3) is 0.400. The van der Waals surface area contributed by atoms with Crippen molar-refractivity contribution in [1.82, 2.24) is 4.90 Å². The summed E-state index contributed by atoms with van der Waals surface area (Å²) in [7, 11) is 0. The molecule has 0 saturated heterocycles. The molecule has 2 atom stereocenters. The minimum Gasteiger partial charge on any atom is -0.335 e. The number of halogens is 1. The summed E-state index contributed by atoms with van der Waals surface area (Å²) in [6, 6.07) is 5.25. The predicted molar refractivity (Wildman–Crippen MR) is 73.6 cm³/mol. The number of hydrogen-bond donors (Lipinski definition) is 1. The van der Waals surface area contributed by atoms with E-state index in [1.807, 2.05) is 13.8 Å². The number of amides is 1. The van der Waals surface area contributed by atoms with E-state index in [-0.39, 0.29) is 24.2 Å². The average molecular weight is 262 g/mol. The summed E-state index contributed by atoms with van der Waals surface area (Å²) >= 11 is 0. The first-order valence-electron chi connectivity index (χ1n) is 6.26. The molecule has 0 radical (unpaired) electrons. The second-order valence-corrected chi connectivity index (χ2v) is 4.37. The monoisotopic (exact) mass is 262 g/mol. The molecule has 0 aliphatic rings. The van der Waals surface area contributed by atoms with Crippen LogP contribution < -0.4 is 5.73 Å². The number of likely N-dealkylation sites (N-methyl/N-ethyl adjacent to an activating group) is 1. The summed E-state index contributed by atoms with van der Waals surface area (Å²) in [5.41, 5.74) is 6.62. The molecule has 3 nitrogen and oxygen atoms in total. The fourth-order valence-corrected chi connectivity index (χ4v) is 1.97. The van der Waals surface area contributed by atoms with Gasteiger partial charge in [0.25, 0.3) is 0 Å². The Morgan fingerprint density at radius 1 is 1.47 bits per heavy atom. The number of hydrogen-bond acceptors (Lipinski definition) is 2. The number of nitrogens with two attached hydrogens (primary N) is 1. The standard InChI is InChI=1S/C15H19FN2O/c1-4-6-14(17)15(19)18(5-2)11(3)12-7-9-13(16)10-8-12/h1,7-11,14H,5-6,17H2,2-3H3. The molecule has 1 aromatic carbocycles. The van der Waals surface area contributed by atoms with E-state index in [1.165, 1.54) is 12.1 Å². The van der Waals surface area contributed by atoms with Gasteiger partial charge >= 0.3 is 0 Å². The Kier molecular flexibility index (Phi) is 5.53. The molecular formula is C15H19FN2O. The molecule has 1 rings (SSSR count). The van der Waals surface area contributed by atoms with Crippen LogP contribution >= 0.6 is 0 Å². The summed E-state index contributed by atoms with van der Waals surface area (Å²) in [6.07, 6.45) is 5.38. The van der Waals surface area contributed by atoms with Gasteiger partial charge in [0.15, 0.2) is 0 Å². The van der Waals surface area contributed by atoms with Crippen molar-refractivity contribution in [2.75, 3.05) is 6.54 Å². The first kappa shape index (κ1) is 15.2. The quantitative estimate of drug-likeness (QED) is 0.826. The molecule has 1 aromatic rings. The zero-order chi connectivity index (χ0) is 14.4. The van der Waals surface area contributed by atoms with Crippen LogP contribution in [0, 0.1) is 18.2 Å². The Bertz CT molecular complexity index is 464. The molecule has 2 N–H and O–H groups in total. The molecule has 19 heavy (non-hydrogen) atoms. The second-order valence-electron chi connectivity index (χ2n) is 4.37. The zero-order valence-electron chi connectivity index (χ0n) is 11.3. The number of carbonyl (C=O) groups is 1. The Morgan fingerprint density at radius 3 is 2.53 bits per heavy atom. The van der Waals surface area contributed by atoms with Gasteiger partial charge in [-0.25, -0.2) is 4.39 Å². The molecule has 0 aliphatic carbocycles.